The maximum atomic E-state index is 13.5. The van der Waals surface area contributed by atoms with Crippen molar-refractivity contribution in [1.29, 1.82) is 0 Å². The van der Waals surface area contributed by atoms with Crippen LogP contribution in [0.4, 0.5) is 13.6 Å². The Morgan fingerprint density at radius 3 is 2.06 bits per heavy atom. The Labute approximate surface area is 187 Å². The number of carbonyl (C=O) groups excluding carboxylic acids is 2. The van der Waals surface area contributed by atoms with Crippen molar-refractivity contribution in [2.75, 3.05) is 39.3 Å². The zero-order valence-corrected chi connectivity index (χ0v) is 19.3. The highest BCUT2D eigenvalue weighted by molar-refractivity contribution is 7.89. The molecule has 0 unspecified atom stereocenters. The van der Waals surface area contributed by atoms with Crippen LogP contribution in [-0.2, 0) is 19.6 Å². The van der Waals surface area contributed by atoms with Gasteiger partial charge in [0.05, 0.1) is 4.90 Å². The maximum Gasteiger partial charge on any atom is 0.410 e. The molecule has 0 atom stereocenters. The van der Waals surface area contributed by atoms with Gasteiger partial charge in [-0.3, -0.25) is 4.79 Å². The molecule has 2 saturated heterocycles. The molecule has 11 heteroatoms. The van der Waals surface area contributed by atoms with Crippen molar-refractivity contribution in [3.63, 3.8) is 0 Å². The highest BCUT2D eigenvalue weighted by Crippen LogP contribution is 2.24. The lowest BCUT2D eigenvalue weighted by Crippen LogP contribution is -2.53. The van der Waals surface area contributed by atoms with Crippen LogP contribution in [0.5, 0.6) is 0 Å². The third kappa shape index (κ3) is 5.55. The van der Waals surface area contributed by atoms with E-state index in [1.54, 1.807) is 30.6 Å². The minimum atomic E-state index is -3.98. The van der Waals surface area contributed by atoms with Crippen LogP contribution in [0.1, 0.15) is 33.6 Å². The molecule has 2 amide bonds. The number of hydrogen-bond donors (Lipinski definition) is 0. The molecular weight excluding hydrogens is 444 g/mol. The minimum absolute atomic E-state index is 0.0567. The standard InChI is InChI=1S/C21H29F2N3O5S/c1-21(2,3)31-20(28)25-8-6-15(7-9-25)19(27)24-10-12-26(13-11-24)32(29,30)16-4-5-17(22)18(23)14-16/h4-5,14-15H,6-13H2,1-3H3. The number of amides is 2. The summed E-state index contributed by atoms with van der Waals surface area (Å²) >= 11 is 0. The zero-order valence-electron chi connectivity index (χ0n) is 18.5. The average molecular weight is 474 g/mol. The van der Waals surface area contributed by atoms with E-state index in [1.807, 2.05) is 0 Å². The second kappa shape index (κ2) is 9.30. The summed E-state index contributed by atoms with van der Waals surface area (Å²) in [6, 6.07) is 2.48. The molecule has 1 aromatic carbocycles. The van der Waals surface area contributed by atoms with E-state index < -0.39 is 27.3 Å². The Kier molecular flexibility index (Phi) is 7.09. The molecule has 2 heterocycles. The zero-order chi connectivity index (χ0) is 23.7. The van der Waals surface area contributed by atoms with Crippen molar-refractivity contribution in [2.24, 2.45) is 5.92 Å². The third-order valence-electron chi connectivity index (χ3n) is 5.58. The summed E-state index contributed by atoms with van der Waals surface area (Å²) in [6.07, 6.45) is 0.649. The lowest BCUT2D eigenvalue weighted by molar-refractivity contribution is -0.138. The number of sulfonamides is 1. The third-order valence-corrected chi connectivity index (χ3v) is 7.47. The molecule has 8 nitrogen and oxygen atoms in total. The van der Waals surface area contributed by atoms with Crippen LogP contribution < -0.4 is 0 Å². The number of halogens is 2. The Hall–Kier alpha value is -2.27. The van der Waals surface area contributed by atoms with Gasteiger partial charge in [-0.05, 0) is 51.8 Å². The van der Waals surface area contributed by atoms with Crippen LogP contribution in [0.3, 0.4) is 0 Å². The molecule has 0 bridgehead atoms. The molecule has 0 N–H and O–H groups in total. The predicted octanol–water partition coefficient (Wildman–Crippen LogP) is 2.44. The van der Waals surface area contributed by atoms with E-state index in [0.29, 0.717) is 32.0 Å². The number of nitrogens with zero attached hydrogens (tertiary/aromatic N) is 3. The van der Waals surface area contributed by atoms with Crippen LogP contribution in [0.15, 0.2) is 23.1 Å². The summed E-state index contributed by atoms with van der Waals surface area (Å²) < 4.78 is 58.6. The lowest BCUT2D eigenvalue weighted by atomic mass is 9.95. The Morgan fingerprint density at radius 2 is 1.53 bits per heavy atom. The van der Waals surface area contributed by atoms with Crippen molar-refractivity contribution in [2.45, 2.75) is 44.1 Å². The van der Waals surface area contributed by atoms with Crippen LogP contribution in [0.2, 0.25) is 0 Å². The molecule has 0 saturated carbocycles. The molecule has 2 aliphatic rings. The highest BCUT2D eigenvalue weighted by atomic mass is 32.2. The summed E-state index contributed by atoms with van der Waals surface area (Å²) in [7, 11) is -3.98. The molecule has 0 spiro atoms. The van der Waals surface area contributed by atoms with E-state index in [9.17, 15) is 26.8 Å². The number of rotatable bonds is 3. The second-order valence-electron chi connectivity index (χ2n) is 9.05. The van der Waals surface area contributed by atoms with Crippen LogP contribution >= 0.6 is 0 Å². The van der Waals surface area contributed by atoms with Gasteiger partial charge in [0.1, 0.15) is 5.60 Å². The molecule has 1 aromatic rings. The van der Waals surface area contributed by atoms with Crippen LogP contribution in [0.25, 0.3) is 0 Å². The number of likely N-dealkylation sites (tertiary alicyclic amines) is 1. The molecule has 2 aliphatic heterocycles. The molecule has 32 heavy (non-hydrogen) atoms. The first kappa shape index (κ1) is 24.4. The quantitative estimate of drug-likeness (QED) is 0.673. The molecule has 3 rings (SSSR count). The fraction of sp³-hybridized carbons (Fsp3) is 0.619. The normalized spacial score (nSPS) is 19.2. The van der Waals surface area contributed by atoms with Gasteiger partial charge in [-0.25, -0.2) is 22.0 Å². The van der Waals surface area contributed by atoms with E-state index in [-0.39, 0.29) is 49.0 Å². The van der Waals surface area contributed by atoms with Crippen LogP contribution in [-0.4, -0.2) is 79.4 Å². The Balaban J connectivity index is 1.53. The summed E-state index contributed by atoms with van der Waals surface area (Å²) in [4.78, 5) is 28.0. The summed E-state index contributed by atoms with van der Waals surface area (Å²) in [5.41, 5.74) is -0.580. The van der Waals surface area contributed by atoms with E-state index in [2.05, 4.69) is 0 Å². The number of carbonyl (C=O) groups is 2. The summed E-state index contributed by atoms with van der Waals surface area (Å²) in [5.74, 6) is -2.63. The topological polar surface area (TPSA) is 87.2 Å². The lowest BCUT2D eigenvalue weighted by Gasteiger charge is -2.38. The average Bonchev–Trinajstić information content (AvgIpc) is 2.74. The second-order valence-corrected chi connectivity index (χ2v) is 11.0. The molecule has 0 aliphatic carbocycles. The first-order valence-corrected chi connectivity index (χ1v) is 12.0. The largest absolute Gasteiger partial charge is 0.444 e. The molecule has 2 fully saturated rings. The molecule has 0 radical (unpaired) electrons. The molecule has 178 valence electrons. The number of benzene rings is 1. The van der Waals surface area contributed by atoms with Gasteiger partial charge in [-0.2, -0.15) is 4.31 Å². The summed E-state index contributed by atoms with van der Waals surface area (Å²) in [5, 5.41) is 0. The number of piperidine rings is 1. The fourth-order valence-electron chi connectivity index (χ4n) is 3.83. The molecular formula is C21H29F2N3O5S. The Morgan fingerprint density at radius 1 is 0.938 bits per heavy atom. The summed E-state index contributed by atoms with van der Waals surface area (Å²) in [6.45, 7) is 6.83. The van der Waals surface area contributed by atoms with Gasteiger partial charge in [0.2, 0.25) is 15.9 Å². The van der Waals surface area contributed by atoms with Gasteiger partial charge in [0.25, 0.3) is 0 Å². The van der Waals surface area contributed by atoms with Crippen molar-refractivity contribution in [1.82, 2.24) is 14.1 Å². The van der Waals surface area contributed by atoms with Crippen LogP contribution in [0, 0.1) is 17.6 Å². The van der Waals surface area contributed by atoms with Crippen molar-refractivity contribution < 1.29 is 31.5 Å². The van der Waals surface area contributed by atoms with Crippen molar-refractivity contribution in [3.8, 4) is 0 Å². The number of piperazine rings is 1. The van der Waals surface area contributed by atoms with Gasteiger partial charge in [0, 0.05) is 45.2 Å². The monoisotopic (exact) mass is 473 g/mol. The minimum Gasteiger partial charge on any atom is -0.444 e. The smallest absolute Gasteiger partial charge is 0.410 e. The molecule has 0 aromatic heterocycles. The van der Waals surface area contributed by atoms with Gasteiger partial charge in [-0.1, -0.05) is 0 Å². The first-order valence-electron chi connectivity index (χ1n) is 10.6. The van der Waals surface area contributed by atoms with Crippen molar-refractivity contribution >= 4 is 22.0 Å². The van der Waals surface area contributed by atoms with Gasteiger partial charge < -0.3 is 14.5 Å². The van der Waals surface area contributed by atoms with Gasteiger partial charge >= 0.3 is 6.09 Å². The van der Waals surface area contributed by atoms with Crippen molar-refractivity contribution in [3.05, 3.63) is 29.8 Å². The number of ether oxygens (including phenoxy) is 1. The number of hydrogen-bond acceptors (Lipinski definition) is 5. The fourth-order valence-corrected chi connectivity index (χ4v) is 5.26. The Bertz CT molecular complexity index is 964. The van der Waals surface area contributed by atoms with E-state index in [1.165, 1.54) is 4.31 Å². The predicted molar refractivity (Wildman–Crippen MR) is 112 cm³/mol. The maximum absolute atomic E-state index is 13.5. The van der Waals surface area contributed by atoms with E-state index >= 15 is 0 Å². The van der Waals surface area contributed by atoms with Gasteiger partial charge in [0.15, 0.2) is 11.6 Å². The first-order chi connectivity index (χ1) is 14.9. The highest BCUT2D eigenvalue weighted by Gasteiger charge is 2.35. The SMILES string of the molecule is CC(C)(C)OC(=O)N1CCC(C(=O)N2CCN(S(=O)(=O)c3ccc(F)c(F)c3)CC2)CC1. The van der Waals surface area contributed by atoms with E-state index in [4.69, 9.17) is 4.74 Å². The van der Waals surface area contributed by atoms with Gasteiger partial charge in [-0.15, -0.1) is 0 Å². The van der Waals surface area contributed by atoms with E-state index in [0.717, 1.165) is 12.1 Å².